The zero-order chi connectivity index (χ0) is 24.2. The summed E-state index contributed by atoms with van der Waals surface area (Å²) < 4.78 is 85.3. The summed E-state index contributed by atoms with van der Waals surface area (Å²) in [7, 11) is -3.53. The average Bonchev–Trinajstić information content (AvgIpc) is 3.29. The van der Waals surface area contributed by atoms with Gasteiger partial charge in [-0.25, -0.2) is 27.2 Å². The Morgan fingerprint density at radius 1 is 1.18 bits per heavy atom. The van der Waals surface area contributed by atoms with Gasteiger partial charge in [-0.1, -0.05) is 18.2 Å². The van der Waals surface area contributed by atoms with E-state index in [1.54, 1.807) is 18.2 Å². The molecule has 1 aromatic carbocycles. The molecule has 0 saturated heterocycles. The Hall–Kier alpha value is -3.47. The van der Waals surface area contributed by atoms with Crippen LogP contribution in [0.15, 0.2) is 59.9 Å². The van der Waals surface area contributed by atoms with Crippen molar-refractivity contribution in [2.75, 3.05) is 6.26 Å². The van der Waals surface area contributed by atoms with Crippen LogP contribution in [0.2, 0.25) is 0 Å². The van der Waals surface area contributed by atoms with E-state index in [1.807, 2.05) is 0 Å². The van der Waals surface area contributed by atoms with Crippen LogP contribution in [0.4, 0.5) is 17.6 Å². The molecule has 176 valence electrons. The van der Waals surface area contributed by atoms with E-state index in [9.17, 15) is 26.0 Å². The number of ether oxygens (including phenoxy) is 1. The van der Waals surface area contributed by atoms with Crippen LogP contribution >= 0.6 is 0 Å². The Kier molecular flexibility index (Phi) is 5.31. The molecule has 3 aromatic heterocycles. The van der Waals surface area contributed by atoms with Crippen LogP contribution in [0.25, 0.3) is 16.8 Å². The number of sulfone groups is 1. The summed E-state index contributed by atoms with van der Waals surface area (Å²) in [6.45, 7) is -3.05. The molecule has 2 atom stereocenters. The molecule has 0 spiro atoms. The molecule has 2 unspecified atom stereocenters. The first-order valence-corrected chi connectivity index (χ1v) is 12.1. The Morgan fingerprint density at radius 3 is 2.62 bits per heavy atom. The molecule has 0 radical (unpaired) electrons. The second-order valence-electron chi connectivity index (χ2n) is 7.97. The first-order valence-electron chi connectivity index (χ1n) is 10.2. The van der Waals surface area contributed by atoms with Crippen LogP contribution in [0, 0.1) is 5.82 Å². The number of hydrogen-bond acceptors (Lipinski definition) is 5. The highest BCUT2D eigenvalue weighted by Gasteiger charge is 2.38. The van der Waals surface area contributed by atoms with Gasteiger partial charge in [0.05, 0.1) is 11.4 Å². The molecule has 1 aliphatic carbocycles. The van der Waals surface area contributed by atoms with Gasteiger partial charge in [-0.3, -0.25) is 0 Å². The number of benzene rings is 1. The van der Waals surface area contributed by atoms with Gasteiger partial charge in [-0.2, -0.15) is 8.78 Å². The Labute approximate surface area is 191 Å². The minimum atomic E-state index is -3.53. The summed E-state index contributed by atoms with van der Waals surface area (Å²) in [5.41, 5.74) is 1.46. The molecule has 0 fully saturated rings. The van der Waals surface area contributed by atoms with Gasteiger partial charge < -0.3 is 9.14 Å². The zero-order valence-electron chi connectivity index (χ0n) is 17.6. The van der Waals surface area contributed by atoms with Crippen molar-refractivity contribution in [3.05, 3.63) is 77.6 Å². The van der Waals surface area contributed by atoms with E-state index in [4.69, 9.17) is 0 Å². The first-order chi connectivity index (χ1) is 16.1. The number of alkyl halides is 3. The largest absolute Gasteiger partial charge is 0.435 e. The van der Waals surface area contributed by atoms with Crippen LogP contribution in [-0.2, 0) is 9.84 Å². The van der Waals surface area contributed by atoms with Crippen molar-refractivity contribution in [3.8, 4) is 16.9 Å². The van der Waals surface area contributed by atoms with E-state index in [0.29, 0.717) is 16.8 Å². The third-order valence-corrected chi connectivity index (χ3v) is 6.78. The van der Waals surface area contributed by atoms with E-state index >= 15 is 0 Å². The molecule has 0 amide bonds. The number of nitrogens with zero attached hydrogens (tertiary/aromatic N) is 3. The van der Waals surface area contributed by atoms with Gasteiger partial charge in [0.25, 0.3) is 0 Å². The zero-order valence-corrected chi connectivity index (χ0v) is 18.4. The van der Waals surface area contributed by atoms with Gasteiger partial charge in [-0.05, 0) is 24.6 Å². The van der Waals surface area contributed by atoms with Gasteiger partial charge in [0.15, 0.2) is 14.9 Å². The SMILES string of the molecule is CS(=O)(=O)c1ccc(-c2cn3c4c(nc3cc2F)C(F)CC4c2ccccc2OC(F)F)cn1. The lowest BCUT2D eigenvalue weighted by atomic mass is 9.95. The fourth-order valence-corrected chi connectivity index (χ4v) is 4.88. The molecule has 0 N–H and O–H groups in total. The van der Waals surface area contributed by atoms with Crippen LogP contribution in [0.3, 0.4) is 0 Å². The Balaban J connectivity index is 1.65. The van der Waals surface area contributed by atoms with Gasteiger partial charge in [0.2, 0.25) is 0 Å². The molecule has 0 aliphatic heterocycles. The number of halogens is 4. The number of para-hydroxylation sites is 1. The number of hydrogen-bond donors (Lipinski definition) is 0. The molecular formula is C23H17F4N3O3S. The van der Waals surface area contributed by atoms with E-state index in [2.05, 4.69) is 14.7 Å². The lowest BCUT2D eigenvalue weighted by molar-refractivity contribution is -0.0505. The van der Waals surface area contributed by atoms with Crippen LogP contribution in [0.5, 0.6) is 5.75 Å². The highest BCUT2D eigenvalue weighted by atomic mass is 32.2. The smallest absolute Gasteiger partial charge is 0.387 e. The summed E-state index contributed by atoms with van der Waals surface area (Å²) >= 11 is 0. The van der Waals surface area contributed by atoms with E-state index in [1.165, 1.54) is 35.0 Å². The molecule has 11 heteroatoms. The van der Waals surface area contributed by atoms with Crippen molar-refractivity contribution in [2.24, 2.45) is 0 Å². The molecule has 0 saturated carbocycles. The monoisotopic (exact) mass is 491 g/mol. The molecule has 5 rings (SSSR count). The number of imidazole rings is 1. The summed E-state index contributed by atoms with van der Waals surface area (Å²) in [6, 6.07) is 9.99. The fourth-order valence-electron chi connectivity index (χ4n) is 4.33. The minimum absolute atomic E-state index is 0.0263. The van der Waals surface area contributed by atoms with Gasteiger partial charge in [0, 0.05) is 47.3 Å². The topological polar surface area (TPSA) is 73.6 Å². The molecular weight excluding hydrogens is 474 g/mol. The molecule has 0 bridgehead atoms. The van der Waals surface area contributed by atoms with Crippen molar-refractivity contribution >= 4 is 15.5 Å². The normalized spacial score (nSPS) is 17.9. The predicted molar refractivity (Wildman–Crippen MR) is 115 cm³/mol. The third kappa shape index (κ3) is 3.79. The maximum Gasteiger partial charge on any atom is 0.387 e. The lowest BCUT2D eigenvalue weighted by Crippen LogP contribution is -2.08. The number of pyridine rings is 2. The summed E-state index contributed by atoms with van der Waals surface area (Å²) in [5.74, 6) is -1.38. The first kappa shape index (κ1) is 22.3. The van der Waals surface area contributed by atoms with E-state index in [-0.39, 0.29) is 34.1 Å². The van der Waals surface area contributed by atoms with Crippen LogP contribution < -0.4 is 4.74 Å². The summed E-state index contributed by atoms with van der Waals surface area (Å²) in [6.07, 6.45) is 2.18. The Morgan fingerprint density at radius 2 is 1.94 bits per heavy atom. The maximum absolute atomic E-state index is 14.9. The quantitative estimate of drug-likeness (QED) is 0.364. The van der Waals surface area contributed by atoms with Gasteiger partial charge >= 0.3 is 6.61 Å². The standard InChI is InChI=1S/C23H17F4N3O3S/c1-34(31,32)20-7-6-12(10-28-20)15-11-30-19(9-16(15)24)29-21-17(25)8-14(22(21)30)13-4-2-3-5-18(13)33-23(26)27/h2-7,9-11,14,17,23H,8H2,1H3. The fraction of sp³-hybridized carbons (Fsp3) is 0.217. The van der Waals surface area contributed by atoms with Gasteiger partial charge in [0.1, 0.15) is 23.4 Å². The van der Waals surface area contributed by atoms with Gasteiger partial charge in [-0.15, -0.1) is 0 Å². The highest BCUT2D eigenvalue weighted by molar-refractivity contribution is 7.90. The molecule has 4 aromatic rings. The second kappa shape index (κ2) is 8.08. The molecule has 1 aliphatic rings. The molecule has 3 heterocycles. The number of rotatable bonds is 5. The van der Waals surface area contributed by atoms with E-state index < -0.39 is 34.4 Å². The second-order valence-corrected chi connectivity index (χ2v) is 9.94. The average molecular weight is 491 g/mol. The van der Waals surface area contributed by atoms with Crippen LogP contribution in [-0.4, -0.2) is 35.7 Å². The molecule has 34 heavy (non-hydrogen) atoms. The van der Waals surface area contributed by atoms with Crippen molar-refractivity contribution in [2.45, 2.75) is 30.1 Å². The van der Waals surface area contributed by atoms with E-state index in [0.717, 1.165) is 12.3 Å². The van der Waals surface area contributed by atoms with Crippen molar-refractivity contribution in [1.82, 2.24) is 14.4 Å². The van der Waals surface area contributed by atoms with Crippen LogP contribution in [0.1, 0.15) is 35.5 Å². The number of aromatic nitrogens is 3. The Bertz CT molecular complexity index is 1500. The van der Waals surface area contributed by atoms with Crippen molar-refractivity contribution < 1.29 is 30.7 Å². The lowest BCUT2D eigenvalue weighted by Gasteiger charge is -2.17. The number of fused-ring (bicyclic) bond motifs is 3. The van der Waals surface area contributed by atoms with Crippen molar-refractivity contribution in [3.63, 3.8) is 0 Å². The minimum Gasteiger partial charge on any atom is -0.435 e. The predicted octanol–water partition coefficient (Wildman–Crippen LogP) is 5.09. The van der Waals surface area contributed by atoms with Crippen molar-refractivity contribution in [1.29, 1.82) is 0 Å². The third-order valence-electron chi connectivity index (χ3n) is 5.78. The maximum atomic E-state index is 14.9. The summed E-state index contributed by atoms with van der Waals surface area (Å²) in [4.78, 5) is 8.14. The molecule has 6 nitrogen and oxygen atoms in total. The highest BCUT2D eigenvalue weighted by Crippen LogP contribution is 2.48. The summed E-state index contributed by atoms with van der Waals surface area (Å²) in [5, 5.41) is -0.155.